The van der Waals surface area contributed by atoms with Gasteiger partial charge in [0.1, 0.15) is 0 Å². The van der Waals surface area contributed by atoms with Crippen molar-refractivity contribution in [3.63, 3.8) is 0 Å². The Morgan fingerprint density at radius 1 is 0.292 bits per heavy atom. The second kappa shape index (κ2) is 10.6. The van der Waals surface area contributed by atoms with Crippen LogP contribution in [0.15, 0.2) is 176 Å². The second-order valence-electron chi connectivity index (χ2n) is 12.7. The van der Waals surface area contributed by atoms with E-state index in [1.807, 2.05) is 0 Å². The first-order chi connectivity index (χ1) is 23.8. The number of aromatic nitrogens is 1. The minimum atomic E-state index is 1.01. The van der Waals surface area contributed by atoms with Crippen LogP contribution in [0.25, 0.3) is 98.3 Å². The monoisotopic (exact) mass is 607 g/mol. The highest BCUT2D eigenvalue weighted by Crippen LogP contribution is 2.43. The Balaban J connectivity index is 1.27. The van der Waals surface area contributed by atoms with Gasteiger partial charge in [-0.15, -0.1) is 0 Å². The van der Waals surface area contributed by atoms with Crippen molar-refractivity contribution >= 4 is 64.8 Å². The van der Waals surface area contributed by atoms with Crippen molar-refractivity contribution in [1.82, 2.24) is 4.98 Å². The first-order valence-corrected chi connectivity index (χ1v) is 16.5. The Kier molecular flexibility index (Phi) is 5.94. The van der Waals surface area contributed by atoms with E-state index >= 15 is 0 Å². The molecule has 1 heteroatoms. The average molecular weight is 608 g/mol. The molecule has 0 unspecified atom stereocenters. The van der Waals surface area contributed by atoms with Crippen LogP contribution in [0.2, 0.25) is 0 Å². The van der Waals surface area contributed by atoms with E-state index in [2.05, 4.69) is 176 Å². The molecule has 1 nitrogen and oxygen atoms in total. The Labute approximate surface area is 278 Å². The molecule has 1 aromatic heterocycles. The number of rotatable bonds is 3. The molecule has 10 aromatic rings. The van der Waals surface area contributed by atoms with Crippen molar-refractivity contribution in [3.8, 4) is 33.5 Å². The van der Waals surface area contributed by atoms with E-state index in [1.54, 1.807) is 0 Å². The topological polar surface area (TPSA) is 12.9 Å². The van der Waals surface area contributed by atoms with E-state index in [9.17, 15) is 0 Å². The van der Waals surface area contributed by atoms with Gasteiger partial charge in [0, 0.05) is 21.7 Å². The van der Waals surface area contributed by atoms with Gasteiger partial charge >= 0.3 is 0 Å². The van der Waals surface area contributed by atoms with Crippen LogP contribution >= 0.6 is 0 Å². The fourth-order valence-electron chi connectivity index (χ4n) is 7.76. The Morgan fingerprint density at radius 3 is 1.67 bits per heavy atom. The minimum Gasteiger partial charge on any atom is -0.247 e. The third kappa shape index (κ3) is 4.15. The van der Waals surface area contributed by atoms with Crippen LogP contribution in [-0.2, 0) is 0 Å². The fourth-order valence-corrected chi connectivity index (χ4v) is 7.76. The molecule has 0 amide bonds. The summed E-state index contributed by atoms with van der Waals surface area (Å²) in [5, 5.41) is 13.6. The SMILES string of the molecule is c1cc(-c2cc3ccccc3c3ccccc23)cc(-c2cc3c(-c4ccc5ccccc5c4)nc4ccccc4c3c3ccccc23)c1. The molecular weight excluding hydrogens is 579 g/mol. The van der Waals surface area contributed by atoms with Crippen LogP contribution in [-0.4, -0.2) is 4.98 Å². The number of hydrogen-bond acceptors (Lipinski definition) is 1. The number of pyridine rings is 1. The summed E-state index contributed by atoms with van der Waals surface area (Å²) in [5.41, 5.74) is 8.02. The lowest BCUT2D eigenvalue weighted by Gasteiger charge is -2.17. The van der Waals surface area contributed by atoms with Crippen molar-refractivity contribution in [1.29, 1.82) is 0 Å². The van der Waals surface area contributed by atoms with Gasteiger partial charge in [0.05, 0.1) is 11.2 Å². The van der Waals surface area contributed by atoms with Gasteiger partial charge in [-0.1, -0.05) is 146 Å². The van der Waals surface area contributed by atoms with E-state index < -0.39 is 0 Å². The molecule has 0 saturated carbocycles. The van der Waals surface area contributed by atoms with Crippen LogP contribution in [0, 0.1) is 0 Å². The molecule has 0 atom stereocenters. The fraction of sp³-hybridized carbons (Fsp3) is 0. The Morgan fingerprint density at radius 2 is 0.875 bits per heavy atom. The summed E-state index contributed by atoms with van der Waals surface area (Å²) < 4.78 is 0. The first kappa shape index (κ1) is 26.9. The number of fused-ring (bicyclic) bond motifs is 9. The van der Waals surface area contributed by atoms with Crippen LogP contribution in [0.3, 0.4) is 0 Å². The Bertz CT molecular complexity index is 2900. The molecule has 0 fully saturated rings. The molecule has 0 aliphatic rings. The molecule has 222 valence electrons. The average Bonchev–Trinajstić information content (AvgIpc) is 3.16. The normalized spacial score (nSPS) is 11.8. The summed E-state index contributed by atoms with van der Waals surface area (Å²) in [4.78, 5) is 5.35. The van der Waals surface area contributed by atoms with Crippen molar-refractivity contribution in [2.45, 2.75) is 0 Å². The van der Waals surface area contributed by atoms with Gasteiger partial charge in [-0.3, -0.25) is 0 Å². The molecular formula is C47H29N. The molecule has 0 radical (unpaired) electrons. The lowest BCUT2D eigenvalue weighted by molar-refractivity contribution is 1.43. The van der Waals surface area contributed by atoms with Gasteiger partial charge < -0.3 is 0 Å². The summed E-state index contributed by atoms with van der Waals surface area (Å²) >= 11 is 0. The molecule has 0 spiro atoms. The third-order valence-corrected chi connectivity index (χ3v) is 9.98. The zero-order chi connectivity index (χ0) is 31.6. The standard InChI is InChI=1S/C47H29N/c1-2-13-31-26-35(25-24-30(31)12-1)47-44-29-43(39-20-7-8-21-40(39)46(44)41-22-9-10-23-45(41)48-47)33-16-11-15-32(27-33)42-28-34-14-3-4-17-36(34)37-18-5-6-19-38(37)42/h1-29H. The zero-order valence-corrected chi connectivity index (χ0v) is 26.2. The van der Waals surface area contributed by atoms with Gasteiger partial charge in [-0.2, -0.15) is 0 Å². The first-order valence-electron chi connectivity index (χ1n) is 16.5. The summed E-state index contributed by atoms with van der Waals surface area (Å²) in [6, 6.07) is 64.0. The van der Waals surface area contributed by atoms with Crippen LogP contribution in [0.5, 0.6) is 0 Å². The maximum absolute atomic E-state index is 5.35. The summed E-state index contributed by atoms with van der Waals surface area (Å²) in [7, 11) is 0. The third-order valence-electron chi connectivity index (χ3n) is 9.98. The van der Waals surface area contributed by atoms with E-state index in [1.165, 1.54) is 81.5 Å². The maximum Gasteiger partial charge on any atom is 0.0788 e. The molecule has 10 rings (SSSR count). The zero-order valence-electron chi connectivity index (χ0n) is 26.2. The van der Waals surface area contributed by atoms with Crippen molar-refractivity contribution in [2.75, 3.05) is 0 Å². The molecule has 48 heavy (non-hydrogen) atoms. The number of nitrogens with zero attached hydrogens (tertiary/aromatic N) is 1. The lowest BCUT2D eigenvalue weighted by atomic mass is 9.88. The van der Waals surface area contributed by atoms with Crippen molar-refractivity contribution in [3.05, 3.63) is 176 Å². The van der Waals surface area contributed by atoms with Crippen LogP contribution in [0.4, 0.5) is 0 Å². The highest BCUT2D eigenvalue weighted by Gasteiger charge is 2.17. The van der Waals surface area contributed by atoms with E-state index in [4.69, 9.17) is 4.98 Å². The van der Waals surface area contributed by atoms with Crippen LogP contribution < -0.4 is 0 Å². The molecule has 0 N–H and O–H groups in total. The smallest absolute Gasteiger partial charge is 0.0788 e. The summed E-state index contributed by atoms with van der Waals surface area (Å²) in [6.45, 7) is 0. The second-order valence-corrected chi connectivity index (χ2v) is 12.7. The van der Waals surface area contributed by atoms with Gasteiger partial charge in [0.2, 0.25) is 0 Å². The van der Waals surface area contributed by atoms with Crippen molar-refractivity contribution in [2.24, 2.45) is 0 Å². The quantitative estimate of drug-likeness (QED) is 0.182. The van der Waals surface area contributed by atoms with E-state index in [0.717, 1.165) is 16.8 Å². The van der Waals surface area contributed by atoms with Crippen LogP contribution in [0.1, 0.15) is 0 Å². The maximum atomic E-state index is 5.35. The highest BCUT2D eigenvalue weighted by molar-refractivity contribution is 6.25. The predicted octanol–water partition coefficient (Wildman–Crippen LogP) is 13.0. The predicted molar refractivity (Wildman–Crippen MR) is 206 cm³/mol. The molecule has 9 aromatic carbocycles. The summed E-state index contributed by atoms with van der Waals surface area (Å²) in [5.74, 6) is 0. The largest absolute Gasteiger partial charge is 0.247 e. The van der Waals surface area contributed by atoms with E-state index in [0.29, 0.717) is 0 Å². The number of hydrogen-bond donors (Lipinski definition) is 0. The van der Waals surface area contributed by atoms with Gasteiger partial charge in [0.15, 0.2) is 0 Å². The molecule has 0 saturated heterocycles. The van der Waals surface area contributed by atoms with E-state index in [-0.39, 0.29) is 0 Å². The number of para-hydroxylation sites is 1. The Hall–Kier alpha value is -6.31. The van der Waals surface area contributed by atoms with Gasteiger partial charge in [-0.25, -0.2) is 4.98 Å². The van der Waals surface area contributed by atoms with Crippen molar-refractivity contribution < 1.29 is 0 Å². The molecule has 0 aliphatic carbocycles. The van der Waals surface area contributed by atoms with Gasteiger partial charge in [0.25, 0.3) is 0 Å². The molecule has 1 heterocycles. The summed E-state index contributed by atoms with van der Waals surface area (Å²) in [6.07, 6.45) is 0. The number of benzene rings is 9. The van der Waals surface area contributed by atoms with Gasteiger partial charge in [-0.05, 0) is 95.7 Å². The minimum absolute atomic E-state index is 1.01. The highest BCUT2D eigenvalue weighted by atomic mass is 14.7. The lowest BCUT2D eigenvalue weighted by Crippen LogP contribution is -1.93. The molecule has 0 aliphatic heterocycles. The molecule has 0 bridgehead atoms.